The lowest BCUT2D eigenvalue weighted by Crippen LogP contribution is -2.61. The van der Waals surface area contributed by atoms with Crippen LogP contribution in [0, 0.1) is 5.92 Å². The largest absolute Gasteiger partial charge is 0.312 e. The Morgan fingerprint density at radius 3 is 2.45 bits per heavy atom. The number of nitrogens with zero attached hydrogens (tertiary/aromatic N) is 1. The van der Waals surface area contributed by atoms with Gasteiger partial charge in [0.2, 0.25) is 0 Å². The first-order chi connectivity index (χ1) is 4.36. The maximum absolute atomic E-state index is 3.44. The van der Waals surface area contributed by atoms with Crippen molar-refractivity contribution >= 4 is 24.8 Å². The molecule has 2 aliphatic heterocycles. The number of likely N-dealkylation sites (tertiary alicyclic amines) is 1. The van der Waals surface area contributed by atoms with Crippen molar-refractivity contribution in [2.75, 3.05) is 26.7 Å². The van der Waals surface area contributed by atoms with Crippen molar-refractivity contribution < 1.29 is 0 Å². The minimum atomic E-state index is 0. The molecule has 0 aliphatic carbocycles. The lowest BCUT2D eigenvalue weighted by Gasteiger charge is -2.45. The van der Waals surface area contributed by atoms with E-state index >= 15 is 0 Å². The Kier molecular flexibility index (Phi) is 4.71. The standard InChI is InChI=1S/C7H14N2.2ClH/c1-9-3-2-6-4-8-7(6)5-9;;/h6-8H,2-5H2,1H3;2*1H/t6-,7-;;/m1../s1. The van der Waals surface area contributed by atoms with E-state index in [1.165, 1.54) is 26.1 Å². The number of halogens is 2. The fourth-order valence-corrected chi connectivity index (χ4v) is 1.78. The summed E-state index contributed by atoms with van der Waals surface area (Å²) in [6.07, 6.45) is 1.41. The highest BCUT2D eigenvalue weighted by Gasteiger charge is 2.33. The van der Waals surface area contributed by atoms with Gasteiger partial charge in [-0.05, 0) is 32.5 Å². The van der Waals surface area contributed by atoms with E-state index in [0.717, 1.165) is 12.0 Å². The van der Waals surface area contributed by atoms with E-state index < -0.39 is 0 Å². The summed E-state index contributed by atoms with van der Waals surface area (Å²) in [5, 5.41) is 3.44. The summed E-state index contributed by atoms with van der Waals surface area (Å²) < 4.78 is 0. The summed E-state index contributed by atoms with van der Waals surface area (Å²) in [5.74, 6) is 1.01. The van der Waals surface area contributed by atoms with Crippen LogP contribution in [0.15, 0.2) is 0 Å². The minimum Gasteiger partial charge on any atom is -0.312 e. The maximum Gasteiger partial charge on any atom is 0.0235 e. The average molecular weight is 199 g/mol. The predicted molar refractivity (Wildman–Crippen MR) is 51.9 cm³/mol. The molecule has 0 spiro atoms. The lowest BCUT2D eigenvalue weighted by molar-refractivity contribution is 0.103. The molecule has 1 N–H and O–H groups in total. The normalized spacial score (nSPS) is 35.7. The van der Waals surface area contributed by atoms with Crippen LogP contribution in [-0.2, 0) is 0 Å². The molecule has 11 heavy (non-hydrogen) atoms. The van der Waals surface area contributed by atoms with Gasteiger partial charge in [0.05, 0.1) is 0 Å². The first kappa shape index (κ1) is 11.5. The molecular weight excluding hydrogens is 183 g/mol. The van der Waals surface area contributed by atoms with Crippen molar-refractivity contribution in [3.05, 3.63) is 0 Å². The fraction of sp³-hybridized carbons (Fsp3) is 1.00. The van der Waals surface area contributed by atoms with Crippen molar-refractivity contribution in [2.45, 2.75) is 12.5 Å². The Hall–Kier alpha value is 0.500. The molecule has 0 unspecified atom stereocenters. The van der Waals surface area contributed by atoms with Gasteiger partial charge in [-0.3, -0.25) is 0 Å². The van der Waals surface area contributed by atoms with Gasteiger partial charge in [-0.25, -0.2) is 0 Å². The van der Waals surface area contributed by atoms with Crippen LogP contribution in [0.5, 0.6) is 0 Å². The second-order valence-electron chi connectivity index (χ2n) is 3.33. The Morgan fingerprint density at radius 1 is 1.36 bits per heavy atom. The SMILES string of the molecule is CN1CC[C@@H]2CN[C@@H]2C1.Cl.Cl. The zero-order chi connectivity index (χ0) is 6.27. The fourth-order valence-electron chi connectivity index (χ4n) is 1.78. The summed E-state index contributed by atoms with van der Waals surface area (Å²) in [6, 6.07) is 0.837. The van der Waals surface area contributed by atoms with Gasteiger partial charge in [0.1, 0.15) is 0 Å². The zero-order valence-corrected chi connectivity index (χ0v) is 8.38. The Labute approximate surface area is 80.5 Å². The van der Waals surface area contributed by atoms with Gasteiger partial charge in [0.25, 0.3) is 0 Å². The Bertz CT molecular complexity index is 121. The molecule has 0 aromatic rings. The van der Waals surface area contributed by atoms with E-state index in [4.69, 9.17) is 0 Å². The molecule has 2 atom stereocenters. The maximum atomic E-state index is 3.44. The van der Waals surface area contributed by atoms with Crippen LogP contribution in [0.4, 0.5) is 0 Å². The monoisotopic (exact) mass is 198 g/mol. The third-order valence-corrected chi connectivity index (χ3v) is 2.60. The molecule has 2 saturated heterocycles. The van der Waals surface area contributed by atoms with Gasteiger partial charge >= 0.3 is 0 Å². The predicted octanol–water partition coefficient (Wildman–Crippen LogP) is 0.753. The summed E-state index contributed by atoms with van der Waals surface area (Å²) in [5.41, 5.74) is 0. The van der Waals surface area contributed by atoms with Crippen LogP contribution in [0.3, 0.4) is 0 Å². The molecule has 0 aromatic heterocycles. The zero-order valence-electron chi connectivity index (χ0n) is 6.75. The molecule has 2 nitrogen and oxygen atoms in total. The van der Waals surface area contributed by atoms with Crippen molar-refractivity contribution in [1.82, 2.24) is 10.2 Å². The second-order valence-corrected chi connectivity index (χ2v) is 3.33. The van der Waals surface area contributed by atoms with Crippen molar-refractivity contribution in [3.8, 4) is 0 Å². The third-order valence-electron chi connectivity index (χ3n) is 2.60. The molecule has 0 radical (unpaired) electrons. The van der Waals surface area contributed by atoms with Gasteiger partial charge in [-0.1, -0.05) is 0 Å². The highest BCUT2D eigenvalue weighted by molar-refractivity contribution is 5.85. The molecule has 2 fully saturated rings. The smallest absolute Gasteiger partial charge is 0.0235 e. The quantitative estimate of drug-likeness (QED) is 0.619. The Balaban J connectivity index is 0.000000500. The van der Waals surface area contributed by atoms with Gasteiger partial charge in [-0.2, -0.15) is 0 Å². The van der Waals surface area contributed by atoms with Crippen molar-refractivity contribution in [3.63, 3.8) is 0 Å². The Morgan fingerprint density at radius 2 is 2.09 bits per heavy atom. The first-order valence-electron chi connectivity index (χ1n) is 3.78. The summed E-state index contributed by atoms with van der Waals surface area (Å²) >= 11 is 0. The van der Waals surface area contributed by atoms with E-state index in [2.05, 4.69) is 17.3 Å². The summed E-state index contributed by atoms with van der Waals surface area (Å²) in [7, 11) is 2.20. The number of fused-ring (bicyclic) bond motifs is 1. The van der Waals surface area contributed by atoms with Crippen LogP contribution in [0.25, 0.3) is 0 Å². The molecular formula is C7H16Cl2N2. The molecule has 2 heterocycles. The van der Waals surface area contributed by atoms with Gasteiger partial charge in [0, 0.05) is 12.6 Å². The third kappa shape index (κ3) is 2.22. The van der Waals surface area contributed by atoms with E-state index in [1.54, 1.807) is 0 Å². The molecule has 0 bridgehead atoms. The number of rotatable bonds is 0. The van der Waals surface area contributed by atoms with Crippen LogP contribution in [0.2, 0.25) is 0 Å². The van der Waals surface area contributed by atoms with Crippen LogP contribution in [0.1, 0.15) is 6.42 Å². The first-order valence-corrected chi connectivity index (χ1v) is 3.78. The highest BCUT2D eigenvalue weighted by atomic mass is 35.5. The van der Waals surface area contributed by atoms with Crippen LogP contribution < -0.4 is 5.32 Å². The topological polar surface area (TPSA) is 15.3 Å². The van der Waals surface area contributed by atoms with Gasteiger partial charge in [0.15, 0.2) is 0 Å². The number of hydrogen-bond acceptors (Lipinski definition) is 2. The van der Waals surface area contributed by atoms with E-state index in [1.807, 2.05) is 0 Å². The molecule has 4 heteroatoms. The van der Waals surface area contributed by atoms with E-state index in [-0.39, 0.29) is 24.8 Å². The average Bonchev–Trinajstić information content (AvgIpc) is 1.78. The number of hydrogen-bond donors (Lipinski definition) is 1. The molecule has 0 aromatic carbocycles. The van der Waals surface area contributed by atoms with Crippen molar-refractivity contribution in [2.24, 2.45) is 5.92 Å². The number of nitrogens with one attached hydrogen (secondary N) is 1. The molecule has 0 amide bonds. The minimum absolute atomic E-state index is 0. The molecule has 0 saturated carbocycles. The van der Waals surface area contributed by atoms with Gasteiger partial charge < -0.3 is 10.2 Å². The molecule has 2 rings (SSSR count). The number of piperidine rings is 1. The molecule has 68 valence electrons. The van der Waals surface area contributed by atoms with Crippen LogP contribution in [-0.4, -0.2) is 37.6 Å². The van der Waals surface area contributed by atoms with Gasteiger partial charge in [-0.15, -0.1) is 24.8 Å². The van der Waals surface area contributed by atoms with Crippen LogP contribution >= 0.6 is 24.8 Å². The van der Waals surface area contributed by atoms with Crippen molar-refractivity contribution in [1.29, 1.82) is 0 Å². The van der Waals surface area contributed by atoms with E-state index in [0.29, 0.717) is 0 Å². The summed E-state index contributed by atoms with van der Waals surface area (Å²) in [4.78, 5) is 2.41. The van der Waals surface area contributed by atoms with E-state index in [9.17, 15) is 0 Å². The summed E-state index contributed by atoms with van der Waals surface area (Å²) in [6.45, 7) is 3.85. The highest BCUT2D eigenvalue weighted by Crippen LogP contribution is 2.22. The molecule has 2 aliphatic rings. The number of likely N-dealkylation sites (N-methyl/N-ethyl adjacent to an activating group) is 1. The second kappa shape index (κ2) is 4.51. The lowest BCUT2D eigenvalue weighted by atomic mass is 9.85.